The summed E-state index contributed by atoms with van der Waals surface area (Å²) in [6.07, 6.45) is 78.4. The Morgan fingerprint density at radius 3 is 1.24 bits per heavy atom. The molecular weight excluding hydrogens is 1110 g/mol. The second-order valence-electron chi connectivity index (χ2n) is 24.9. The van der Waals surface area contributed by atoms with Crippen molar-refractivity contribution in [2.45, 2.75) is 359 Å². The molecule has 11 heteroatoms. The molecule has 1 aliphatic heterocycles. The van der Waals surface area contributed by atoms with Gasteiger partial charge in [0, 0.05) is 6.42 Å². The number of aliphatic hydroxyl groups is 5. The number of unbranched alkanes of at least 4 members (excludes halogenated alkanes) is 32. The monoisotopic (exact) mass is 1250 g/mol. The van der Waals surface area contributed by atoms with Crippen LogP contribution < -0.4 is 5.32 Å². The quantitative estimate of drug-likeness (QED) is 0.0195. The number of hydrogen-bond donors (Lipinski definition) is 6. The number of ether oxygens (including phenoxy) is 3. The van der Waals surface area contributed by atoms with E-state index in [1.807, 2.05) is 6.08 Å². The van der Waals surface area contributed by atoms with E-state index in [0.717, 1.165) is 122 Å². The van der Waals surface area contributed by atoms with E-state index in [1.165, 1.54) is 141 Å². The predicted molar refractivity (Wildman–Crippen MR) is 375 cm³/mol. The van der Waals surface area contributed by atoms with Gasteiger partial charge in [-0.05, 0) is 109 Å². The molecule has 1 heterocycles. The molecule has 0 saturated carbocycles. The summed E-state index contributed by atoms with van der Waals surface area (Å²) in [6.45, 7) is 5.66. The van der Waals surface area contributed by atoms with E-state index in [-0.39, 0.29) is 19.4 Å². The van der Waals surface area contributed by atoms with E-state index < -0.39 is 67.4 Å². The van der Waals surface area contributed by atoms with Crippen LogP contribution in [0.4, 0.5) is 0 Å². The normalized spacial score (nSPS) is 18.8. The number of allylic oxidation sites excluding steroid dienone is 17. The van der Waals surface area contributed by atoms with Crippen LogP contribution in [0.15, 0.2) is 109 Å². The van der Waals surface area contributed by atoms with E-state index in [1.54, 1.807) is 6.08 Å². The molecule has 0 spiro atoms. The molecule has 89 heavy (non-hydrogen) atoms. The number of amides is 1. The first-order valence-electron chi connectivity index (χ1n) is 36.7. The highest BCUT2D eigenvalue weighted by Crippen LogP contribution is 2.26. The average molecular weight is 1250 g/mol. The van der Waals surface area contributed by atoms with Crippen LogP contribution in [0.5, 0.6) is 0 Å². The molecule has 1 fully saturated rings. The summed E-state index contributed by atoms with van der Waals surface area (Å²) in [5.74, 6) is -1.21. The van der Waals surface area contributed by atoms with Gasteiger partial charge in [0.1, 0.15) is 24.4 Å². The standard InChI is InChI=1S/C78H135NO10/c1-4-7-10-13-16-19-22-24-26-28-30-32-34-35-36-37-38-40-42-44-46-48-51-54-57-60-63-66-73(83)89-76-75(85)74(84)72(67-80)88-78(76)87-68-69(70(81)64-61-58-55-52-49-21-18-15-12-9-6-3)79-77(86)71(82)65-62-59-56-53-50-47-45-43-41-39-33-31-29-27-25-23-20-17-14-11-8-5-2/h8,11,16-17,19-20,24-27,30-33,41,43,61,64,69-72,74-76,78,80-82,84-85H,4-7,9-10,12-15,18,21-23,28-29,34-40,42,44-60,62-63,65-68H2,1-3H3,(H,79,86)/b11-8-,19-16-,20-17-,26-24-,27-25-,32-30-,33-31-,43-41-,64-61+. The third-order valence-electron chi connectivity index (χ3n) is 16.7. The first-order valence-corrected chi connectivity index (χ1v) is 36.7. The molecule has 512 valence electrons. The van der Waals surface area contributed by atoms with Crippen LogP contribution in [0.3, 0.4) is 0 Å². The molecule has 0 radical (unpaired) electrons. The van der Waals surface area contributed by atoms with Gasteiger partial charge in [-0.25, -0.2) is 0 Å². The fourth-order valence-electron chi connectivity index (χ4n) is 10.9. The zero-order valence-corrected chi connectivity index (χ0v) is 57.0. The third-order valence-corrected chi connectivity index (χ3v) is 16.7. The van der Waals surface area contributed by atoms with Crippen molar-refractivity contribution in [3.8, 4) is 0 Å². The second kappa shape index (κ2) is 64.4. The predicted octanol–water partition coefficient (Wildman–Crippen LogP) is 19.2. The van der Waals surface area contributed by atoms with Crippen LogP contribution in [0.25, 0.3) is 0 Å². The highest BCUT2D eigenvalue weighted by atomic mass is 16.7. The topological polar surface area (TPSA) is 175 Å². The minimum Gasteiger partial charge on any atom is -0.454 e. The van der Waals surface area contributed by atoms with Crippen molar-refractivity contribution in [3.05, 3.63) is 109 Å². The van der Waals surface area contributed by atoms with Gasteiger partial charge >= 0.3 is 5.97 Å². The molecule has 1 saturated heterocycles. The van der Waals surface area contributed by atoms with Crippen LogP contribution in [0.2, 0.25) is 0 Å². The van der Waals surface area contributed by atoms with E-state index >= 15 is 0 Å². The number of carbonyl (C=O) groups excluding carboxylic acids is 2. The largest absolute Gasteiger partial charge is 0.454 e. The second-order valence-corrected chi connectivity index (χ2v) is 24.9. The van der Waals surface area contributed by atoms with Gasteiger partial charge in [0.25, 0.3) is 0 Å². The van der Waals surface area contributed by atoms with Crippen LogP contribution in [0.1, 0.15) is 310 Å². The Morgan fingerprint density at radius 1 is 0.449 bits per heavy atom. The summed E-state index contributed by atoms with van der Waals surface area (Å²) in [4.78, 5) is 26.7. The Morgan fingerprint density at radius 2 is 0.809 bits per heavy atom. The van der Waals surface area contributed by atoms with Gasteiger partial charge in [-0.15, -0.1) is 0 Å². The Balaban J connectivity index is 2.54. The van der Waals surface area contributed by atoms with E-state index in [4.69, 9.17) is 14.2 Å². The molecule has 1 aliphatic rings. The van der Waals surface area contributed by atoms with Crippen molar-refractivity contribution in [1.29, 1.82) is 0 Å². The fourth-order valence-corrected chi connectivity index (χ4v) is 10.9. The zero-order valence-electron chi connectivity index (χ0n) is 57.0. The van der Waals surface area contributed by atoms with Crippen LogP contribution in [0, 0.1) is 0 Å². The number of nitrogens with one attached hydrogen (secondary N) is 1. The fraction of sp³-hybridized carbons (Fsp3) is 0.744. The minimum atomic E-state index is -1.62. The molecule has 0 bridgehead atoms. The van der Waals surface area contributed by atoms with Crippen molar-refractivity contribution in [2.24, 2.45) is 0 Å². The molecular formula is C78H135NO10. The van der Waals surface area contributed by atoms with Gasteiger partial charge in [-0.1, -0.05) is 304 Å². The summed E-state index contributed by atoms with van der Waals surface area (Å²) >= 11 is 0. The number of hydrogen-bond acceptors (Lipinski definition) is 10. The molecule has 8 atom stereocenters. The molecule has 0 aromatic carbocycles. The maximum absolute atomic E-state index is 13.5. The minimum absolute atomic E-state index is 0.117. The van der Waals surface area contributed by atoms with Gasteiger partial charge in [0.05, 0.1) is 25.4 Å². The number of rotatable bonds is 62. The summed E-state index contributed by atoms with van der Waals surface area (Å²) in [6, 6.07) is -1.04. The lowest BCUT2D eigenvalue weighted by molar-refractivity contribution is -0.305. The van der Waals surface area contributed by atoms with E-state index in [2.05, 4.69) is 123 Å². The summed E-state index contributed by atoms with van der Waals surface area (Å²) < 4.78 is 17.7. The molecule has 1 rings (SSSR count). The Labute approximate surface area is 545 Å². The van der Waals surface area contributed by atoms with E-state index in [0.29, 0.717) is 12.8 Å². The summed E-state index contributed by atoms with van der Waals surface area (Å²) in [5, 5.41) is 57.3. The highest BCUT2D eigenvalue weighted by Gasteiger charge is 2.47. The van der Waals surface area contributed by atoms with Crippen LogP contribution in [-0.2, 0) is 23.8 Å². The van der Waals surface area contributed by atoms with E-state index in [9.17, 15) is 35.1 Å². The van der Waals surface area contributed by atoms with Gasteiger partial charge < -0.3 is 45.1 Å². The molecule has 0 aromatic heterocycles. The number of aliphatic hydroxyl groups excluding tert-OH is 5. The van der Waals surface area contributed by atoms with Crippen molar-refractivity contribution < 1.29 is 49.3 Å². The lowest BCUT2D eigenvalue weighted by atomic mass is 9.99. The Kier molecular flexibility index (Phi) is 60.3. The smallest absolute Gasteiger partial charge is 0.306 e. The number of esters is 1. The lowest BCUT2D eigenvalue weighted by Crippen LogP contribution is -2.61. The maximum atomic E-state index is 13.5. The lowest BCUT2D eigenvalue weighted by Gasteiger charge is -2.41. The SMILES string of the molecule is CC/C=C\C/C=C\C/C=C\C/C=C\C/C=C\CCCCCCCCC(O)C(=O)NC(COC1OC(CO)C(O)C(O)C1OC(=O)CCCCCCCCCCCCCCCC/C=C\C/C=C\C/C=C\CCCCC)C(O)/C=C/CCCCCCCCCCC. The van der Waals surface area contributed by atoms with Gasteiger partial charge in [-0.2, -0.15) is 0 Å². The van der Waals surface area contributed by atoms with Crippen molar-refractivity contribution >= 4 is 11.9 Å². The molecule has 11 nitrogen and oxygen atoms in total. The van der Waals surface area contributed by atoms with Crippen LogP contribution in [-0.4, -0.2) is 99.6 Å². The molecule has 6 N–H and O–H groups in total. The van der Waals surface area contributed by atoms with Crippen LogP contribution >= 0.6 is 0 Å². The van der Waals surface area contributed by atoms with Gasteiger partial charge in [0.15, 0.2) is 12.4 Å². The van der Waals surface area contributed by atoms with Crippen molar-refractivity contribution in [2.75, 3.05) is 13.2 Å². The van der Waals surface area contributed by atoms with Gasteiger partial charge in [0.2, 0.25) is 5.91 Å². The molecule has 0 aromatic rings. The zero-order chi connectivity index (χ0) is 64.6. The summed E-state index contributed by atoms with van der Waals surface area (Å²) in [7, 11) is 0. The molecule has 1 amide bonds. The van der Waals surface area contributed by atoms with Crippen molar-refractivity contribution in [3.63, 3.8) is 0 Å². The maximum Gasteiger partial charge on any atom is 0.306 e. The first kappa shape index (κ1) is 83.3. The highest BCUT2D eigenvalue weighted by molar-refractivity contribution is 5.80. The van der Waals surface area contributed by atoms with Crippen molar-refractivity contribution in [1.82, 2.24) is 5.32 Å². The summed E-state index contributed by atoms with van der Waals surface area (Å²) in [5.41, 5.74) is 0. The van der Waals surface area contributed by atoms with Gasteiger partial charge in [-0.3, -0.25) is 9.59 Å². The Hall–Kier alpha value is -3.68. The Bertz CT molecular complexity index is 1870. The average Bonchev–Trinajstić information content (AvgIpc) is 2.36. The third kappa shape index (κ3) is 51.5. The first-order chi connectivity index (χ1) is 43.7. The molecule has 8 unspecified atom stereocenters. The number of carbonyl (C=O) groups is 2. The molecule has 0 aliphatic carbocycles.